The van der Waals surface area contributed by atoms with Crippen LogP contribution in [0.1, 0.15) is 26.7 Å². The standard InChI is InChI=1S/C30H36N6O6/c1-3-17-35-19-29(27-31-13-14-32-27,39-23-11-7-5-9-21(23)35)41-25(37)26(38)42-30(28-33-15-16-34-28)20-36(18-4-2)22-10-6-8-12-24(22)40-30/h5-12H,3-4,13-20H2,1-2H3,(H,31,32)(H,33,34). The third-order valence-corrected chi connectivity index (χ3v) is 7.50. The Balaban J connectivity index is 1.30. The first kappa shape index (κ1) is 27.7. The number of hydrogen-bond donors (Lipinski definition) is 2. The van der Waals surface area contributed by atoms with E-state index in [1.807, 2.05) is 48.5 Å². The zero-order valence-electron chi connectivity index (χ0n) is 23.9. The van der Waals surface area contributed by atoms with Gasteiger partial charge >= 0.3 is 23.5 Å². The topological polar surface area (TPSA) is 126 Å². The first-order valence-corrected chi connectivity index (χ1v) is 14.6. The van der Waals surface area contributed by atoms with Crippen molar-refractivity contribution in [3.05, 3.63) is 48.5 Å². The lowest BCUT2D eigenvalue weighted by molar-refractivity contribution is -0.202. The van der Waals surface area contributed by atoms with E-state index in [9.17, 15) is 9.59 Å². The highest BCUT2D eigenvalue weighted by molar-refractivity contribution is 6.30. The molecule has 2 N–H and O–H groups in total. The summed E-state index contributed by atoms with van der Waals surface area (Å²) in [7, 11) is 0. The molecule has 4 aliphatic rings. The summed E-state index contributed by atoms with van der Waals surface area (Å²) < 4.78 is 24.6. The van der Waals surface area contributed by atoms with Gasteiger partial charge in [0, 0.05) is 26.2 Å². The lowest BCUT2D eigenvalue weighted by Gasteiger charge is -2.44. The van der Waals surface area contributed by atoms with Crippen LogP contribution >= 0.6 is 0 Å². The predicted octanol–water partition coefficient (Wildman–Crippen LogP) is 2.09. The molecule has 0 spiro atoms. The average molecular weight is 577 g/mol. The second-order valence-electron chi connectivity index (χ2n) is 10.6. The van der Waals surface area contributed by atoms with Crippen LogP contribution in [-0.4, -0.2) is 87.5 Å². The fourth-order valence-electron chi connectivity index (χ4n) is 5.78. The maximum atomic E-state index is 13.6. The number of para-hydroxylation sites is 4. The molecule has 2 aromatic rings. The first-order chi connectivity index (χ1) is 20.5. The van der Waals surface area contributed by atoms with Gasteiger partial charge in [-0.1, -0.05) is 38.1 Å². The molecule has 0 bridgehead atoms. The Morgan fingerprint density at radius 2 is 1.19 bits per heavy atom. The Morgan fingerprint density at radius 1 is 0.762 bits per heavy atom. The van der Waals surface area contributed by atoms with Crippen molar-refractivity contribution in [1.29, 1.82) is 0 Å². The maximum absolute atomic E-state index is 13.6. The molecule has 222 valence electrons. The van der Waals surface area contributed by atoms with E-state index < -0.39 is 23.5 Å². The number of rotatable bonds is 8. The van der Waals surface area contributed by atoms with Crippen molar-refractivity contribution in [2.75, 3.05) is 62.2 Å². The maximum Gasteiger partial charge on any atom is 0.421 e. The molecule has 42 heavy (non-hydrogen) atoms. The number of nitrogens with one attached hydrogen (secondary N) is 2. The van der Waals surface area contributed by atoms with Crippen LogP contribution in [-0.2, 0) is 19.1 Å². The smallest absolute Gasteiger partial charge is 0.421 e. The Bertz CT molecular complexity index is 1310. The molecule has 0 aromatic heterocycles. The Labute approximate surface area is 244 Å². The average Bonchev–Trinajstić information content (AvgIpc) is 3.74. The van der Waals surface area contributed by atoms with E-state index in [1.165, 1.54) is 0 Å². The van der Waals surface area contributed by atoms with Gasteiger partial charge in [-0.2, -0.15) is 0 Å². The van der Waals surface area contributed by atoms with E-state index in [2.05, 4.69) is 44.3 Å². The summed E-state index contributed by atoms with van der Waals surface area (Å²) in [6, 6.07) is 15.1. The zero-order valence-corrected chi connectivity index (χ0v) is 23.9. The van der Waals surface area contributed by atoms with Gasteiger partial charge in [0.05, 0.1) is 24.5 Å². The molecule has 0 radical (unpaired) electrons. The minimum Gasteiger partial charge on any atom is -0.442 e. The van der Waals surface area contributed by atoms with Gasteiger partial charge in [-0.25, -0.2) is 9.59 Å². The number of aliphatic imine (C=N–C) groups is 2. The highest BCUT2D eigenvalue weighted by Crippen LogP contribution is 2.40. The van der Waals surface area contributed by atoms with Crippen molar-refractivity contribution in [1.82, 2.24) is 10.6 Å². The van der Waals surface area contributed by atoms with E-state index in [0.717, 1.165) is 24.2 Å². The molecular weight excluding hydrogens is 540 g/mol. The van der Waals surface area contributed by atoms with Crippen molar-refractivity contribution in [3.8, 4) is 11.5 Å². The molecule has 0 amide bonds. The fourth-order valence-corrected chi connectivity index (χ4v) is 5.78. The molecule has 4 aliphatic heterocycles. The zero-order chi connectivity index (χ0) is 29.2. The van der Waals surface area contributed by atoms with Gasteiger partial charge in [0.25, 0.3) is 0 Å². The Kier molecular flexibility index (Phi) is 7.53. The quantitative estimate of drug-likeness (QED) is 0.356. The third kappa shape index (κ3) is 5.05. The normalized spacial score (nSPS) is 24.1. The first-order valence-electron chi connectivity index (χ1n) is 14.6. The molecule has 2 unspecified atom stereocenters. The van der Waals surface area contributed by atoms with Crippen molar-refractivity contribution < 1.29 is 28.5 Å². The highest BCUT2D eigenvalue weighted by Gasteiger charge is 2.54. The van der Waals surface area contributed by atoms with Crippen molar-refractivity contribution in [2.45, 2.75) is 38.3 Å². The number of nitrogens with zero attached hydrogens (tertiary/aromatic N) is 4. The molecular formula is C30H36N6O6. The Hall–Kier alpha value is -4.48. The largest absolute Gasteiger partial charge is 0.442 e. The summed E-state index contributed by atoms with van der Waals surface area (Å²) >= 11 is 0. The number of benzene rings is 2. The number of carbonyl (C=O) groups is 2. The number of carbonyl (C=O) groups excluding carboxylic acids is 2. The van der Waals surface area contributed by atoms with Crippen molar-refractivity contribution in [3.63, 3.8) is 0 Å². The molecule has 0 fully saturated rings. The number of fused-ring (bicyclic) bond motifs is 2. The summed E-state index contributed by atoms with van der Waals surface area (Å²) in [5.41, 5.74) is 1.75. The number of amidine groups is 2. The summed E-state index contributed by atoms with van der Waals surface area (Å²) in [6.45, 7) is 7.92. The van der Waals surface area contributed by atoms with E-state index in [4.69, 9.17) is 18.9 Å². The molecule has 2 aromatic carbocycles. The van der Waals surface area contributed by atoms with Gasteiger partial charge in [-0.15, -0.1) is 0 Å². The summed E-state index contributed by atoms with van der Waals surface area (Å²) in [5, 5.41) is 6.36. The van der Waals surface area contributed by atoms with Gasteiger partial charge in [0.1, 0.15) is 24.6 Å². The molecule has 0 aliphatic carbocycles. The lowest BCUT2D eigenvalue weighted by Crippen LogP contribution is -2.64. The summed E-state index contributed by atoms with van der Waals surface area (Å²) in [4.78, 5) is 40.4. The molecule has 4 heterocycles. The highest BCUT2D eigenvalue weighted by atomic mass is 16.8. The monoisotopic (exact) mass is 576 g/mol. The second-order valence-corrected chi connectivity index (χ2v) is 10.6. The molecule has 12 nitrogen and oxygen atoms in total. The third-order valence-electron chi connectivity index (χ3n) is 7.50. The SMILES string of the molecule is CCCN1CC(OC(=O)C(=O)OC2(C3=NCCN3)CN(CCC)c3ccccc3O2)(C2=NCCN2)Oc2ccccc21. The molecule has 2 atom stereocenters. The van der Waals surface area contributed by atoms with E-state index >= 15 is 0 Å². The van der Waals surface area contributed by atoms with E-state index in [-0.39, 0.29) is 13.1 Å². The Morgan fingerprint density at radius 3 is 1.57 bits per heavy atom. The van der Waals surface area contributed by atoms with Gasteiger partial charge in [-0.3, -0.25) is 9.98 Å². The van der Waals surface area contributed by atoms with E-state index in [1.54, 1.807) is 0 Å². The second kappa shape index (κ2) is 11.4. The minimum atomic E-state index is -1.67. The molecule has 0 saturated heterocycles. The van der Waals surface area contributed by atoms with E-state index in [0.29, 0.717) is 62.4 Å². The van der Waals surface area contributed by atoms with Crippen LogP contribution in [0.2, 0.25) is 0 Å². The van der Waals surface area contributed by atoms with Gasteiger partial charge in [0.2, 0.25) is 0 Å². The predicted molar refractivity (Wildman–Crippen MR) is 157 cm³/mol. The molecule has 6 rings (SSSR count). The molecule has 0 saturated carbocycles. The number of esters is 2. The van der Waals surface area contributed by atoms with Gasteiger partial charge < -0.3 is 39.4 Å². The van der Waals surface area contributed by atoms with Crippen LogP contribution in [0.5, 0.6) is 11.5 Å². The van der Waals surface area contributed by atoms with Gasteiger partial charge in [-0.05, 0) is 37.1 Å². The number of hydrogen-bond acceptors (Lipinski definition) is 12. The van der Waals surface area contributed by atoms with Crippen LogP contribution in [0, 0.1) is 0 Å². The number of anilines is 2. The number of ether oxygens (including phenoxy) is 4. The van der Waals surface area contributed by atoms with Crippen LogP contribution in [0.25, 0.3) is 0 Å². The fraction of sp³-hybridized carbons (Fsp3) is 0.467. The van der Waals surface area contributed by atoms with Crippen LogP contribution < -0.4 is 29.9 Å². The van der Waals surface area contributed by atoms with Crippen molar-refractivity contribution in [2.24, 2.45) is 9.98 Å². The molecule has 12 heteroatoms. The lowest BCUT2D eigenvalue weighted by atomic mass is 10.1. The van der Waals surface area contributed by atoms with Crippen LogP contribution in [0.15, 0.2) is 58.5 Å². The summed E-state index contributed by atoms with van der Waals surface area (Å²) in [6.07, 6.45) is 1.70. The van der Waals surface area contributed by atoms with Gasteiger partial charge in [0.15, 0.2) is 11.7 Å². The van der Waals surface area contributed by atoms with Crippen LogP contribution in [0.3, 0.4) is 0 Å². The minimum absolute atomic E-state index is 0.149. The van der Waals surface area contributed by atoms with Crippen LogP contribution in [0.4, 0.5) is 11.4 Å². The summed E-state index contributed by atoms with van der Waals surface area (Å²) in [5.74, 6) is -4.01. The van der Waals surface area contributed by atoms with Crippen molar-refractivity contribution >= 4 is 35.0 Å².